The molecule has 0 aliphatic carbocycles. The number of sulfone groups is 1. The van der Waals surface area contributed by atoms with Crippen LogP contribution in [-0.2, 0) is 26.6 Å². The number of benzene rings is 2. The van der Waals surface area contributed by atoms with E-state index in [0.29, 0.717) is 37.6 Å². The Labute approximate surface area is 172 Å². The largest absolute Gasteiger partial charge is 0.486 e. The summed E-state index contributed by atoms with van der Waals surface area (Å²) in [5.74, 6) is 0.257. The van der Waals surface area contributed by atoms with E-state index in [4.69, 9.17) is 9.47 Å². The van der Waals surface area contributed by atoms with Crippen LogP contribution in [0.2, 0.25) is 0 Å². The van der Waals surface area contributed by atoms with Gasteiger partial charge in [0.15, 0.2) is 21.3 Å². The lowest BCUT2D eigenvalue weighted by molar-refractivity contribution is -0.120. The molecule has 1 heterocycles. The minimum Gasteiger partial charge on any atom is -0.486 e. The molecule has 0 atom stereocenters. The van der Waals surface area contributed by atoms with E-state index in [1.165, 1.54) is 0 Å². The molecule has 2 aromatic rings. The first kappa shape index (κ1) is 21.2. The number of aryl methyl sites for hydroxylation is 1. The van der Waals surface area contributed by atoms with Crippen molar-refractivity contribution in [2.75, 3.05) is 24.7 Å². The molecule has 0 radical (unpaired) electrons. The monoisotopic (exact) mass is 417 g/mol. The maximum absolute atomic E-state index is 12.4. The van der Waals surface area contributed by atoms with Crippen molar-refractivity contribution >= 4 is 15.7 Å². The van der Waals surface area contributed by atoms with Gasteiger partial charge in [0, 0.05) is 0 Å². The number of amides is 1. The van der Waals surface area contributed by atoms with Gasteiger partial charge in [-0.1, -0.05) is 36.4 Å². The van der Waals surface area contributed by atoms with E-state index in [1.54, 1.807) is 6.07 Å². The fourth-order valence-corrected chi connectivity index (χ4v) is 4.50. The number of hydrogen-bond donors (Lipinski definition) is 1. The van der Waals surface area contributed by atoms with Crippen molar-refractivity contribution < 1.29 is 22.7 Å². The van der Waals surface area contributed by atoms with Crippen LogP contribution in [0, 0.1) is 0 Å². The third-order valence-electron chi connectivity index (χ3n) is 4.83. The van der Waals surface area contributed by atoms with Crippen molar-refractivity contribution in [3.05, 3.63) is 59.7 Å². The van der Waals surface area contributed by atoms with E-state index in [-0.39, 0.29) is 5.75 Å². The van der Waals surface area contributed by atoms with Gasteiger partial charge < -0.3 is 14.8 Å². The summed E-state index contributed by atoms with van der Waals surface area (Å²) in [6.45, 7) is 4.65. The first-order valence-corrected chi connectivity index (χ1v) is 11.5. The van der Waals surface area contributed by atoms with Crippen molar-refractivity contribution in [3.8, 4) is 11.5 Å². The van der Waals surface area contributed by atoms with E-state index in [2.05, 4.69) is 5.32 Å². The number of carbonyl (C=O) groups excluding carboxylic acids is 1. The van der Waals surface area contributed by atoms with E-state index < -0.39 is 27.0 Å². The number of rotatable bonds is 8. The highest BCUT2D eigenvalue weighted by atomic mass is 32.2. The van der Waals surface area contributed by atoms with Crippen LogP contribution in [0.4, 0.5) is 0 Å². The van der Waals surface area contributed by atoms with Crippen LogP contribution in [0.5, 0.6) is 11.5 Å². The quantitative estimate of drug-likeness (QED) is 0.714. The molecule has 0 aromatic heterocycles. The first-order chi connectivity index (χ1) is 13.8. The second-order valence-corrected chi connectivity index (χ2v) is 9.90. The van der Waals surface area contributed by atoms with Gasteiger partial charge in [-0.25, -0.2) is 8.42 Å². The molecule has 0 bridgehead atoms. The third-order valence-corrected chi connectivity index (χ3v) is 6.44. The zero-order valence-corrected chi connectivity index (χ0v) is 17.6. The van der Waals surface area contributed by atoms with Gasteiger partial charge in [-0.15, -0.1) is 0 Å². The van der Waals surface area contributed by atoms with Gasteiger partial charge in [0.1, 0.15) is 19.0 Å². The van der Waals surface area contributed by atoms with E-state index in [9.17, 15) is 13.2 Å². The summed E-state index contributed by atoms with van der Waals surface area (Å²) in [6.07, 6.45) is 1.16. The first-order valence-electron chi connectivity index (χ1n) is 9.71. The lowest BCUT2D eigenvalue weighted by Gasteiger charge is -2.28. The summed E-state index contributed by atoms with van der Waals surface area (Å²) in [6, 6.07) is 15.2. The second-order valence-electron chi connectivity index (χ2n) is 7.71. The van der Waals surface area contributed by atoms with Crippen LogP contribution >= 0.6 is 0 Å². The van der Waals surface area contributed by atoms with E-state index in [1.807, 2.05) is 56.3 Å². The average molecular weight is 418 g/mol. The Morgan fingerprint density at radius 1 is 1.03 bits per heavy atom. The molecule has 0 unspecified atom stereocenters. The van der Waals surface area contributed by atoms with Gasteiger partial charge >= 0.3 is 0 Å². The van der Waals surface area contributed by atoms with Crippen LogP contribution < -0.4 is 14.8 Å². The van der Waals surface area contributed by atoms with E-state index >= 15 is 0 Å². The van der Waals surface area contributed by atoms with Crippen LogP contribution in [0.1, 0.15) is 31.4 Å². The van der Waals surface area contributed by atoms with Gasteiger partial charge in [0.2, 0.25) is 5.91 Å². The molecule has 0 spiro atoms. The molecule has 7 heteroatoms. The number of hydrogen-bond acceptors (Lipinski definition) is 5. The predicted octanol–water partition coefficient (Wildman–Crippen LogP) is 2.86. The van der Waals surface area contributed by atoms with Crippen molar-refractivity contribution in [1.82, 2.24) is 5.32 Å². The Balaban J connectivity index is 1.55. The molecule has 2 aromatic carbocycles. The topological polar surface area (TPSA) is 81.7 Å². The van der Waals surface area contributed by atoms with Crippen LogP contribution in [0.3, 0.4) is 0 Å². The predicted molar refractivity (Wildman–Crippen MR) is 112 cm³/mol. The number of ether oxygens (including phenoxy) is 2. The smallest absolute Gasteiger partial charge is 0.235 e. The second kappa shape index (κ2) is 8.86. The molecule has 1 N–H and O–H groups in total. The lowest BCUT2D eigenvalue weighted by Crippen LogP contribution is -2.44. The van der Waals surface area contributed by atoms with Crippen molar-refractivity contribution in [1.29, 1.82) is 0 Å². The minimum absolute atomic E-state index is 0.0141. The molecule has 0 saturated carbocycles. The molecule has 0 saturated heterocycles. The Morgan fingerprint density at radius 2 is 1.72 bits per heavy atom. The molecule has 0 fully saturated rings. The van der Waals surface area contributed by atoms with Crippen LogP contribution in [-0.4, -0.2) is 39.0 Å². The highest BCUT2D eigenvalue weighted by molar-refractivity contribution is 7.92. The number of nitrogens with one attached hydrogen (secondary N) is 1. The summed E-state index contributed by atoms with van der Waals surface area (Å²) in [7, 11) is -3.48. The zero-order valence-electron chi connectivity index (χ0n) is 16.8. The van der Waals surface area contributed by atoms with Gasteiger partial charge in [-0.05, 0) is 49.9 Å². The number of carbonyl (C=O) groups is 1. The minimum atomic E-state index is -3.48. The number of fused-ring (bicyclic) bond motifs is 1. The molecule has 1 amide bonds. The SMILES string of the molecule is CC(C)(NC(=O)CS(=O)(=O)CCCc1ccccc1)c1ccc2c(c1)OCCO2. The molecule has 1 aliphatic rings. The Hall–Kier alpha value is -2.54. The standard InChI is InChI=1S/C22H27NO5S/c1-22(2,18-10-11-19-20(15-18)28-13-12-27-19)23-21(24)16-29(25,26)14-6-9-17-7-4-3-5-8-17/h3-5,7-8,10-11,15H,6,9,12-14,16H2,1-2H3,(H,23,24). The molecule has 6 nitrogen and oxygen atoms in total. The summed E-state index contributed by atoms with van der Waals surface area (Å²) < 4.78 is 35.8. The van der Waals surface area contributed by atoms with E-state index in [0.717, 1.165) is 11.1 Å². The van der Waals surface area contributed by atoms with Crippen LogP contribution in [0.25, 0.3) is 0 Å². The van der Waals surface area contributed by atoms with Gasteiger partial charge in [0.05, 0.1) is 11.3 Å². The van der Waals surface area contributed by atoms with Gasteiger partial charge in [0.25, 0.3) is 0 Å². The van der Waals surface area contributed by atoms with Gasteiger partial charge in [-0.3, -0.25) is 4.79 Å². The summed E-state index contributed by atoms with van der Waals surface area (Å²) >= 11 is 0. The Morgan fingerprint density at radius 3 is 2.45 bits per heavy atom. The molecular weight excluding hydrogens is 390 g/mol. The average Bonchev–Trinajstić information content (AvgIpc) is 2.67. The van der Waals surface area contributed by atoms with Gasteiger partial charge in [-0.2, -0.15) is 0 Å². The summed E-state index contributed by atoms with van der Waals surface area (Å²) in [4.78, 5) is 12.4. The zero-order chi connectivity index (χ0) is 20.9. The molecule has 156 valence electrons. The third kappa shape index (κ3) is 5.97. The summed E-state index contributed by atoms with van der Waals surface area (Å²) in [5.41, 5.74) is 1.16. The normalized spacial score (nSPS) is 13.7. The van der Waals surface area contributed by atoms with Crippen molar-refractivity contribution in [2.24, 2.45) is 0 Å². The highest BCUT2D eigenvalue weighted by Crippen LogP contribution is 2.34. The molecule has 1 aliphatic heterocycles. The maximum atomic E-state index is 12.4. The van der Waals surface area contributed by atoms with Crippen molar-refractivity contribution in [2.45, 2.75) is 32.2 Å². The molecule has 3 rings (SSSR count). The Kier molecular flexibility index (Phi) is 6.47. The van der Waals surface area contributed by atoms with Crippen molar-refractivity contribution in [3.63, 3.8) is 0 Å². The maximum Gasteiger partial charge on any atom is 0.235 e. The fourth-order valence-electron chi connectivity index (χ4n) is 3.30. The molecular formula is C22H27NO5S. The fraction of sp³-hybridized carbons (Fsp3) is 0.409. The Bertz CT molecular complexity index is 954. The summed E-state index contributed by atoms with van der Waals surface area (Å²) in [5, 5.41) is 2.83. The van der Waals surface area contributed by atoms with Crippen LogP contribution in [0.15, 0.2) is 48.5 Å². The highest BCUT2D eigenvalue weighted by Gasteiger charge is 2.27. The lowest BCUT2D eigenvalue weighted by atomic mass is 9.93. The molecule has 29 heavy (non-hydrogen) atoms.